The van der Waals surface area contributed by atoms with E-state index in [4.69, 9.17) is 10.0 Å². The van der Waals surface area contributed by atoms with Crippen LogP contribution in [0.15, 0.2) is 113 Å². The van der Waals surface area contributed by atoms with Crippen molar-refractivity contribution in [1.82, 2.24) is 9.78 Å². The zero-order chi connectivity index (χ0) is 28.2. The summed E-state index contributed by atoms with van der Waals surface area (Å²) in [6.07, 6.45) is 1.66. The van der Waals surface area contributed by atoms with Crippen LogP contribution in [0.1, 0.15) is 26.3 Å². The number of nitrogens with zero attached hydrogens (tertiary/aromatic N) is 3. The Hall–Kier alpha value is -3.71. The van der Waals surface area contributed by atoms with Crippen LogP contribution in [0, 0.1) is 3.70 Å². The van der Waals surface area contributed by atoms with Gasteiger partial charge in [0.25, 0.3) is 11.8 Å². The summed E-state index contributed by atoms with van der Waals surface area (Å²) in [6, 6.07) is 30.1. The minimum Gasteiger partial charge on any atom is -0.424 e. The van der Waals surface area contributed by atoms with Crippen LogP contribution >= 0.6 is 34.4 Å². The third-order valence-corrected chi connectivity index (χ3v) is 7.92. The number of rotatable bonds is 5. The number of aromatic nitrogens is 2. The Morgan fingerprint density at radius 2 is 1.48 bits per heavy atom. The molecule has 5 aromatic rings. The molecule has 40 heavy (non-hydrogen) atoms. The predicted molar refractivity (Wildman–Crippen MR) is 167 cm³/mol. The monoisotopic (exact) mass is 659 g/mol. The molecule has 0 radical (unpaired) electrons. The SMILES string of the molecule is Cn1nc(I)c2ccc(Sc3cccc(N4C(=O)c5ccccc5C4=O)c3)cc21.OB(O)/C=C/c1ccccc1. The molecule has 0 atom stereocenters. The topological polar surface area (TPSA) is 95.7 Å². The lowest BCUT2D eigenvalue weighted by Gasteiger charge is -2.15. The number of amides is 2. The lowest BCUT2D eigenvalue weighted by molar-refractivity contribution is 0.0926. The minimum atomic E-state index is -1.37. The second-order valence-corrected chi connectivity index (χ2v) is 11.0. The molecule has 0 aliphatic carbocycles. The Bertz CT molecular complexity index is 1710. The summed E-state index contributed by atoms with van der Waals surface area (Å²) < 4.78 is 2.85. The summed E-state index contributed by atoms with van der Waals surface area (Å²) >= 11 is 3.82. The van der Waals surface area contributed by atoms with E-state index in [1.165, 1.54) is 10.9 Å². The predicted octanol–water partition coefficient (Wildman–Crippen LogP) is 5.84. The first-order valence-electron chi connectivity index (χ1n) is 12.3. The van der Waals surface area contributed by atoms with E-state index >= 15 is 0 Å². The van der Waals surface area contributed by atoms with Crippen LogP contribution in [0.5, 0.6) is 0 Å². The molecule has 0 spiro atoms. The molecule has 1 aliphatic heterocycles. The van der Waals surface area contributed by atoms with Crippen molar-refractivity contribution < 1.29 is 19.6 Å². The number of imide groups is 1. The first-order chi connectivity index (χ1) is 19.3. The molecule has 0 saturated carbocycles. The lowest BCUT2D eigenvalue weighted by atomic mass is 9.91. The van der Waals surface area contributed by atoms with Crippen LogP contribution in [0.25, 0.3) is 17.0 Å². The molecule has 2 N–H and O–H groups in total. The number of hydrogen-bond acceptors (Lipinski definition) is 6. The van der Waals surface area contributed by atoms with Gasteiger partial charge in [-0.2, -0.15) is 5.10 Å². The number of halogens is 1. The van der Waals surface area contributed by atoms with Gasteiger partial charge in [-0.15, -0.1) is 0 Å². The molecular formula is C30H23BIN3O4S. The standard InChI is InChI=1S/C22H14IN3O2S.C8H9BO2/c1-25-19-12-15(9-10-18(19)20(23)24-25)29-14-6-4-5-13(11-14)26-21(27)16-7-2-3-8-17(16)22(26)28;10-9(11)7-6-8-4-2-1-3-5-8/h2-12H,1H3;1-7,10-11H/b;7-6+. The molecule has 6 rings (SSSR count). The van der Waals surface area contributed by atoms with Gasteiger partial charge in [-0.3, -0.25) is 14.3 Å². The highest BCUT2D eigenvalue weighted by atomic mass is 127. The van der Waals surface area contributed by atoms with Crippen molar-refractivity contribution in [3.05, 3.63) is 123 Å². The highest BCUT2D eigenvalue weighted by molar-refractivity contribution is 14.1. The van der Waals surface area contributed by atoms with Gasteiger partial charge in [0.05, 0.1) is 22.3 Å². The second kappa shape index (κ2) is 12.2. The molecule has 7 nitrogen and oxygen atoms in total. The summed E-state index contributed by atoms with van der Waals surface area (Å²) in [5.74, 6) is 0.757. The van der Waals surface area contributed by atoms with Crippen LogP contribution in [0.3, 0.4) is 0 Å². The molecule has 0 fully saturated rings. The molecule has 198 valence electrons. The van der Waals surface area contributed by atoms with Crippen molar-refractivity contribution in [2.24, 2.45) is 7.05 Å². The average molecular weight is 659 g/mol. The van der Waals surface area contributed by atoms with E-state index in [1.807, 2.05) is 60.3 Å². The van der Waals surface area contributed by atoms with Crippen LogP contribution in [0.4, 0.5) is 5.69 Å². The number of aryl methyl sites for hydroxylation is 1. The smallest absolute Gasteiger partial charge is 0.424 e. The number of hydrogen-bond donors (Lipinski definition) is 2. The summed E-state index contributed by atoms with van der Waals surface area (Å²) in [6.45, 7) is 0. The second-order valence-electron chi connectivity index (χ2n) is 8.87. The van der Waals surface area contributed by atoms with E-state index in [0.29, 0.717) is 16.8 Å². The first-order valence-corrected chi connectivity index (χ1v) is 14.2. The number of anilines is 1. The Morgan fingerprint density at radius 3 is 2.15 bits per heavy atom. The van der Waals surface area contributed by atoms with Gasteiger partial charge in [0.1, 0.15) is 3.70 Å². The molecular weight excluding hydrogens is 636 g/mol. The van der Waals surface area contributed by atoms with E-state index in [0.717, 1.165) is 30.0 Å². The Morgan fingerprint density at radius 1 is 0.825 bits per heavy atom. The molecule has 4 aromatic carbocycles. The zero-order valence-corrected chi connectivity index (χ0v) is 24.3. The van der Waals surface area contributed by atoms with Crippen molar-refractivity contribution in [3.8, 4) is 0 Å². The quantitative estimate of drug-likeness (QED) is 0.140. The van der Waals surface area contributed by atoms with Gasteiger partial charge in [0.15, 0.2) is 0 Å². The fourth-order valence-corrected chi connectivity index (χ4v) is 5.95. The number of fused-ring (bicyclic) bond motifs is 2. The number of benzene rings is 4. The molecule has 0 bridgehead atoms. The normalized spacial score (nSPS) is 12.6. The first kappa shape index (κ1) is 27.8. The fraction of sp³-hybridized carbons (Fsp3) is 0.0333. The van der Waals surface area contributed by atoms with Crippen molar-refractivity contribution >= 4 is 76.0 Å². The van der Waals surface area contributed by atoms with Gasteiger partial charge in [-0.25, -0.2) is 4.90 Å². The summed E-state index contributed by atoms with van der Waals surface area (Å²) in [4.78, 5) is 28.8. The molecule has 10 heteroatoms. The van der Waals surface area contributed by atoms with Gasteiger partial charge in [0, 0.05) is 22.2 Å². The molecule has 1 aromatic heterocycles. The van der Waals surface area contributed by atoms with E-state index < -0.39 is 7.12 Å². The number of carbonyl (C=O) groups is 2. The van der Waals surface area contributed by atoms with Gasteiger partial charge in [-0.05, 0) is 76.7 Å². The Balaban J connectivity index is 0.000000248. The van der Waals surface area contributed by atoms with E-state index in [2.05, 4.69) is 45.9 Å². The largest absolute Gasteiger partial charge is 0.480 e. The van der Waals surface area contributed by atoms with Crippen molar-refractivity contribution in [2.75, 3.05) is 4.90 Å². The lowest BCUT2D eigenvalue weighted by Crippen LogP contribution is -2.29. The summed E-state index contributed by atoms with van der Waals surface area (Å²) in [5.41, 5.74) is 3.51. The van der Waals surface area contributed by atoms with Crippen LogP contribution in [-0.4, -0.2) is 38.8 Å². The third kappa shape index (κ3) is 6.05. The summed E-state index contributed by atoms with van der Waals surface area (Å²) in [7, 11) is 0.567. The van der Waals surface area contributed by atoms with Gasteiger partial charge in [-0.1, -0.05) is 72.3 Å². The van der Waals surface area contributed by atoms with Gasteiger partial charge < -0.3 is 10.0 Å². The molecule has 1 aliphatic rings. The highest BCUT2D eigenvalue weighted by Gasteiger charge is 2.36. The zero-order valence-electron chi connectivity index (χ0n) is 21.3. The third-order valence-electron chi connectivity index (χ3n) is 6.14. The van der Waals surface area contributed by atoms with Crippen molar-refractivity contribution in [1.29, 1.82) is 0 Å². The van der Waals surface area contributed by atoms with E-state index in [1.54, 1.807) is 48.2 Å². The van der Waals surface area contributed by atoms with Crippen molar-refractivity contribution in [2.45, 2.75) is 9.79 Å². The maximum atomic E-state index is 12.8. The summed E-state index contributed by atoms with van der Waals surface area (Å²) in [5, 5.41) is 22.5. The average Bonchev–Trinajstić information content (AvgIpc) is 3.39. The van der Waals surface area contributed by atoms with E-state index in [-0.39, 0.29) is 11.8 Å². The molecule has 0 unspecified atom stereocenters. The molecule has 2 amide bonds. The maximum absolute atomic E-state index is 12.8. The van der Waals surface area contributed by atoms with Gasteiger partial charge >= 0.3 is 7.12 Å². The van der Waals surface area contributed by atoms with Crippen molar-refractivity contribution in [3.63, 3.8) is 0 Å². The Labute approximate surface area is 249 Å². The van der Waals surface area contributed by atoms with E-state index in [9.17, 15) is 9.59 Å². The molecule has 2 heterocycles. The van der Waals surface area contributed by atoms with Crippen LogP contribution in [-0.2, 0) is 7.05 Å². The van der Waals surface area contributed by atoms with Crippen LogP contribution < -0.4 is 4.90 Å². The highest BCUT2D eigenvalue weighted by Crippen LogP contribution is 2.35. The fourth-order valence-electron chi connectivity index (χ4n) is 4.26. The maximum Gasteiger partial charge on any atom is 0.480 e. The number of carbonyl (C=O) groups excluding carboxylic acids is 2. The van der Waals surface area contributed by atoms with Crippen LogP contribution in [0.2, 0.25) is 0 Å². The van der Waals surface area contributed by atoms with Gasteiger partial charge in [0.2, 0.25) is 0 Å². The Kier molecular flexibility index (Phi) is 8.50. The minimum absolute atomic E-state index is 0.279. The molecule has 0 saturated heterocycles.